The van der Waals surface area contributed by atoms with Crippen LogP contribution in [0.5, 0.6) is 5.75 Å². The molecular formula is C16H20N2O3. The molecule has 0 radical (unpaired) electrons. The van der Waals surface area contributed by atoms with Crippen LogP contribution in [0.1, 0.15) is 26.2 Å². The zero-order chi connectivity index (χ0) is 15.0. The summed E-state index contributed by atoms with van der Waals surface area (Å²) in [5.74, 6) is 0.818. The molecule has 5 heteroatoms. The monoisotopic (exact) mass is 288 g/mol. The van der Waals surface area contributed by atoms with Crippen molar-refractivity contribution in [2.75, 3.05) is 12.0 Å². The number of piperazine rings is 1. The van der Waals surface area contributed by atoms with E-state index >= 15 is 0 Å². The van der Waals surface area contributed by atoms with Gasteiger partial charge in [-0.3, -0.25) is 14.5 Å². The Morgan fingerprint density at radius 3 is 2.62 bits per heavy atom. The van der Waals surface area contributed by atoms with Crippen molar-refractivity contribution in [3.63, 3.8) is 0 Å². The van der Waals surface area contributed by atoms with Crippen LogP contribution >= 0.6 is 0 Å². The third kappa shape index (κ3) is 2.37. The highest BCUT2D eigenvalue weighted by molar-refractivity contribution is 6.09. The zero-order valence-corrected chi connectivity index (χ0v) is 12.3. The number of carbonyl (C=O) groups is 2. The molecule has 1 saturated heterocycles. The van der Waals surface area contributed by atoms with Gasteiger partial charge in [-0.2, -0.15) is 0 Å². The minimum Gasteiger partial charge on any atom is -0.495 e. The van der Waals surface area contributed by atoms with Crippen LogP contribution in [0, 0.1) is 5.92 Å². The molecular weight excluding hydrogens is 268 g/mol. The summed E-state index contributed by atoms with van der Waals surface area (Å²) >= 11 is 0. The minimum absolute atomic E-state index is 0.0200. The average molecular weight is 288 g/mol. The molecule has 2 atom stereocenters. The van der Waals surface area contributed by atoms with Crippen LogP contribution in [0.4, 0.5) is 5.69 Å². The summed E-state index contributed by atoms with van der Waals surface area (Å²) in [5.41, 5.74) is 0.678. The Balaban J connectivity index is 2.02. The standard InChI is InChI=1S/C16H20N2O3/c1-3-11-15(19)17-14(10-8-9-10)16(20)18(11)12-6-4-5-7-13(12)21-2/h4-7,10-11,14H,3,8-9H2,1-2H3,(H,17,19). The fourth-order valence-electron chi connectivity index (χ4n) is 2.96. The number of amides is 2. The van der Waals surface area contributed by atoms with E-state index in [2.05, 4.69) is 5.32 Å². The number of para-hydroxylation sites is 2. The smallest absolute Gasteiger partial charge is 0.250 e. The van der Waals surface area contributed by atoms with Gasteiger partial charge in [-0.05, 0) is 37.3 Å². The molecule has 2 amide bonds. The van der Waals surface area contributed by atoms with Crippen molar-refractivity contribution in [3.05, 3.63) is 24.3 Å². The van der Waals surface area contributed by atoms with Gasteiger partial charge < -0.3 is 10.1 Å². The summed E-state index contributed by atoms with van der Waals surface area (Å²) < 4.78 is 5.36. The van der Waals surface area contributed by atoms with E-state index in [9.17, 15) is 9.59 Å². The lowest BCUT2D eigenvalue weighted by atomic mass is 10.0. The number of hydrogen-bond donors (Lipinski definition) is 1. The maximum absolute atomic E-state index is 12.8. The molecule has 1 aromatic carbocycles. The molecule has 21 heavy (non-hydrogen) atoms. The lowest BCUT2D eigenvalue weighted by molar-refractivity contribution is -0.134. The lowest BCUT2D eigenvalue weighted by Crippen LogP contribution is -2.64. The molecule has 2 aliphatic rings. The third-order valence-electron chi connectivity index (χ3n) is 4.24. The number of benzene rings is 1. The number of ether oxygens (including phenoxy) is 1. The first-order chi connectivity index (χ1) is 10.2. The molecule has 1 heterocycles. The molecule has 1 aromatic rings. The van der Waals surface area contributed by atoms with Gasteiger partial charge in [0.05, 0.1) is 12.8 Å². The fraction of sp³-hybridized carbons (Fsp3) is 0.500. The minimum atomic E-state index is -0.469. The molecule has 0 aromatic heterocycles. The molecule has 3 rings (SSSR count). The normalized spacial score (nSPS) is 25.7. The van der Waals surface area contributed by atoms with Crippen molar-refractivity contribution in [2.45, 2.75) is 38.3 Å². The first-order valence-electron chi connectivity index (χ1n) is 7.43. The van der Waals surface area contributed by atoms with Crippen molar-refractivity contribution in [2.24, 2.45) is 5.92 Å². The van der Waals surface area contributed by atoms with E-state index in [0.717, 1.165) is 12.8 Å². The van der Waals surface area contributed by atoms with Gasteiger partial charge in [0, 0.05) is 0 Å². The fourth-order valence-corrected chi connectivity index (χ4v) is 2.96. The second-order valence-electron chi connectivity index (χ2n) is 5.63. The third-order valence-corrected chi connectivity index (χ3v) is 4.24. The van der Waals surface area contributed by atoms with Gasteiger partial charge in [-0.15, -0.1) is 0 Å². The Kier molecular flexibility index (Phi) is 3.57. The summed E-state index contributed by atoms with van der Waals surface area (Å²) in [7, 11) is 1.58. The highest BCUT2D eigenvalue weighted by Gasteiger charge is 2.47. The molecule has 0 bridgehead atoms. The van der Waals surface area contributed by atoms with E-state index in [4.69, 9.17) is 4.74 Å². The molecule has 1 aliphatic carbocycles. The van der Waals surface area contributed by atoms with Gasteiger partial charge in [-0.1, -0.05) is 19.1 Å². The largest absolute Gasteiger partial charge is 0.495 e. The predicted molar refractivity (Wildman–Crippen MR) is 79.2 cm³/mol. The van der Waals surface area contributed by atoms with E-state index in [1.807, 2.05) is 31.2 Å². The number of hydrogen-bond acceptors (Lipinski definition) is 3. The molecule has 0 spiro atoms. The Morgan fingerprint density at radius 2 is 2.00 bits per heavy atom. The maximum atomic E-state index is 12.8. The highest BCUT2D eigenvalue weighted by atomic mass is 16.5. The molecule has 112 valence electrons. The van der Waals surface area contributed by atoms with E-state index in [1.54, 1.807) is 12.0 Å². The van der Waals surface area contributed by atoms with Crippen molar-refractivity contribution >= 4 is 17.5 Å². The van der Waals surface area contributed by atoms with Crippen molar-refractivity contribution in [1.29, 1.82) is 0 Å². The van der Waals surface area contributed by atoms with Crippen LogP contribution in [-0.2, 0) is 9.59 Å². The summed E-state index contributed by atoms with van der Waals surface area (Å²) in [4.78, 5) is 26.8. The van der Waals surface area contributed by atoms with E-state index < -0.39 is 6.04 Å². The van der Waals surface area contributed by atoms with Crippen LogP contribution in [-0.4, -0.2) is 31.0 Å². The highest BCUT2D eigenvalue weighted by Crippen LogP contribution is 2.38. The summed E-state index contributed by atoms with van der Waals surface area (Å²) in [6.45, 7) is 1.91. The average Bonchev–Trinajstić information content (AvgIpc) is 3.33. The van der Waals surface area contributed by atoms with Crippen LogP contribution in [0.2, 0.25) is 0 Å². The number of anilines is 1. The Bertz CT molecular complexity index is 568. The summed E-state index contributed by atoms with van der Waals surface area (Å²) in [6.07, 6.45) is 2.59. The molecule has 1 saturated carbocycles. The summed E-state index contributed by atoms with van der Waals surface area (Å²) in [5, 5.41) is 2.90. The number of nitrogens with zero attached hydrogens (tertiary/aromatic N) is 1. The zero-order valence-electron chi connectivity index (χ0n) is 12.3. The van der Waals surface area contributed by atoms with Gasteiger partial charge in [0.15, 0.2) is 0 Å². The molecule has 2 unspecified atom stereocenters. The number of nitrogens with one attached hydrogen (secondary N) is 1. The second kappa shape index (κ2) is 5.39. The van der Waals surface area contributed by atoms with Crippen molar-refractivity contribution < 1.29 is 14.3 Å². The van der Waals surface area contributed by atoms with Gasteiger partial charge in [0.25, 0.3) is 5.91 Å². The van der Waals surface area contributed by atoms with Crippen molar-refractivity contribution in [3.8, 4) is 5.75 Å². The van der Waals surface area contributed by atoms with Crippen LogP contribution in [0.25, 0.3) is 0 Å². The number of methoxy groups -OCH3 is 1. The first-order valence-corrected chi connectivity index (χ1v) is 7.43. The number of rotatable bonds is 4. The van der Waals surface area contributed by atoms with E-state index in [-0.39, 0.29) is 23.8 Å². The van der Waals surface area contributed by atoms with Crippen LogP contribution in [0.3, 0.4) is 0 Å². The van der Waals surface area contributed by atoms with Gasteiger partial charge >= 0.3 is 0 Å². The van der Waals surface area contributed by atoms with Gasteiger partial charge in [-0.25, -0.2) is 0 Å². The van der Waals surface area contributed by atoms with E-state index in [0.29, 0.717) is 17.9 Å². The van der Waals surface area contributed by atoms with Crippen LogP contribution in [0.15, 0.2) is 24.3 Å². The van der Waals surface area contributed by atoms with Crippen molar-refractivity contribution in [1.82, 2.24) is 5.32 Å². The maximum Gasteiger partial charge on any atom is 0.250 e. The first kappa shape index (κ1) is 13.9. The molecule has 1 aliphatic heterocycles. The van der Waals surface area contributed by atoms with Gasteiger partial charge in [0.2, 0.25) is 5.91 Å². The summed E-state index contributed by atoms with van der Waals surface area (Å²) in [6, 6.07) is 6.51. The molecule has 5 nitrogen and oxygen atoms in total. The van der Waals surface area contributed by atoms with Gasteiger partial charge in [0.1, 0.15) is 17.8 Å². The quantitative estimate of drug-likeness (QED) is 0.917. The Hall–Kier alpha value is -2.04. The SMILES string of the molecule is CCC1C(=O)NC(C2CC2)C(=O)N1c1ccccc1OC. The predicted octanol–water partition coefficient (Wildman–Crippen LogP) is 1.72. The topological polar surface area (TPSA) is 58.6 Å². The van der Waals surface area contributed by atoms with E-state index in [1.165, 1.54) is 0 Å². The Morgan fingerprint density at radius 1 is 1.29 bits per heavy atom. The lowest BCUT2D eigenvalue weighted by Gasteiger charge is -2.39. The molecule has 1 N–H and O–H groups in total. The van der Waals surface area contributed by atoms with Crippen LogP contribution < -0.4 is 15.0 Å². The second-order valence-corrected chi connectivity index (χ2v) is 5.63. The Labute approximate surface area is 124 Å². The number of carbonyl (C=O) groups excluding carboxylic acids is 2. The molecule has 2 fully saturated rings.